The SMILES string of the molecule is CC(C)(C)C1CCC(C(=O)NC2(CN)CCOCC2)CC1. The van der Waals surface area contributed by atoms with Crippen molar-refractivity contribution in [2.75, 3.05) is 19.8 Å². The molecule has 0 aromatic heterocycles. The Hall–Kier alpha value is -0.610. The van der Waals surface area contributed by atoms with Crippen LogP contribution in [0.5, 0.6) is 0 Å². The standard InChI is InChI=1S/C17H32N2O2/c1-16(2,3)14-6-4-13(5-7-14)15(20)19-17(12-18)8-10-21-11-9-17/h13-14H,4-12,18H2,1-3H3,(H,19,20). The first-order chi connectivity index (χ1) is 9.86. The molecule has 3 N–H and O–H groups in total. The molecule has 0 aromatic rings. The number of nitrogens with two attached hydrogens (primary N) is 1. The van der Waals surface area contributed by atoms with Crippen molar-refractivity contribution in [2.45, 2.75) is 64.8 Å². The average Bonchev–Trinajstić information content (AvgIpc) is 2.47. The van der Waals surface area contributed by atoms with Gasteiger partial charge in [-0.2, -0.15) is 0 Å². The average molecular weight is 296 g/mol. The molecule has 0 radical (unpaired) electrons. The van der Waals surface area contributed by atoms with E-state index >= 15 is 0 Å². The molecule has 0 bridgehead atoms. The van der Waals surface area contributed by atoms with Crippen molar-refractivity contribution in [3.63, 3.8) is 0 Å². The van der Waals surface area contributed by atoms with Crippen molar-refractivity contribution in [3.8, 4) is 0 Å². The number of nitrogens with one attached hydrogen (secondary N) is 1. The minimum atomic E-state index is -0.226. The van der Waals surface area contributed by atoms with E-state index in [9.17, 15) is 4.79 Å². The number of rotatable bonds is 3. The Bertz CT molecular complexity index is 348. The van der Waals surface area contributed by atoms with Gasteiger partial charge in [0.05, 0.1) is 5.54 Å². The van der Waals surface area contributed by atoms with Gasteiger partial charge in [0.25, 0.3) is 0 Å². The predicted octanol–water partition coefficient (Wildman–Crippen LogP) is 2.46. The van der Waals surface area contributed by atoms with Crippen molar-refractivity contribution >= 4 is 5.91 Å². The summed E-state index contributed by atoms with van der Waals surface area (Å²) in [6.45, 7) is 8.85. The molecule has 2 fully saturated rings. The summed E-state index contributed by atoms with van der Waals surface area (Å²) in [5.41, 5.74) is 6.06. The summed E-state index contributed by atoms with van der Waals surface area (Å²) in [5, 5.41) is 3.26. The molecule has 0 atom stereocenters. The van der Waals surface area contributed by atoms with Crippen LogP contribution < -0.4 is 11.1 Å². The quantitative estimate of drug-likeness (QED) is 0.841. The van der Waals surface area contributed by atoms with Gasteiger partial charge in [-0.15, -0.1) is 0 Å². The molecule has 0 unspecified atom stereocenters. The van der Waals surface area contributed by atoms with Gasteiger partial charge in [0.15, 0.2) is 0 Å². The predicted molar refractivity (Wildman–Crippen MR) is 84.9 cm³/mol. The largest absolute Gasteiger partial charge is 0.381 e. The number of hydrogen-bond acceptors (Lipinski definition) is 3. The number of ether oxygens (including phenoxy) is 1. The van der Waals surface area contributed by atoms with Crippen molar-refractivity contribution < 1.29 is 9.53 Å². The lowest BCUT2D eigenvalue weighted by molar-refractivity contribution is -0.129. The normalized spacial score (nSPS) is 29.9. The van der Waals surface area contributed by atoms with Crippen LogP contribution in [0.3, 0.4) is 0 Å². The summed E-state index contributed by atoms with van der Waals surface area (Å²) in [6.07, 6.45) is 6.05. The highest BCUT2D eigenvalue weighted by Gasteiger charge is 2.37. The zero-order valence-electron chi connectivity index (χ0n) is 13.9. The zero-order valence-corrected chi connectivity index (χ0v) is 13.9. The molecule has 0 spiro atoms. The molecule has 0 aromatic carbocycles. The van der Waals surface area contributed by atoms with E-state index in [0.717, 1.165) is 31.6 Å². The van der Waals surface area contributed by atoms with Gasteiger partial charge in [-0.3, -0.25) is 4.79 Å². The Morgan fingerprint density at radius 3 is 2.24 bits per heavy atom. The lowest BCUT2D eigenvalue weighted by Gasteiger charge is -2.40. The zero-order chi connectivity index (χ0) is 15.5. The third-order valence-corrected chi connectivity index (χ3v) is 5.55. The Kier molecular flexibility index (Phi) is 5.31. The second-order valence-corrected chi connectivity index (χ2v) is 8.00. The summed E-state index contributed by atoms with van der Waals surface area (Å²) in [5.74, 6) is 1.14. The van der Waals surface area contributed by atoms with Crippen LogP contribution in [0.15, 0.2) is 0 Å². The molecule has 1 aliphatic heterocycles. The van der Waals surface area contributed by atoms with E-state index < -0.39 is 0 Å². The summed E-state index contributed by atoms with van der Waals surface area (Å²) in [6, 6.07) is 0. The highest BCUT2D eigenvalue weighted by Crippen LogP contribution is 2.40. The molecule has 2 aliphatic rings. The van der Waals surface area contributed by atoms with Crippen LogP contribution in [0.25, 0.3) is 0 Å². The molecule has 1 saturated carbocycles. The Balaban J connectivity index is 1.87. The minimum absolute atomic E-state index is 0.176. The fourth-order valence-corrected chi connectivity index (χ4v) is 3.73. The number of carbonyl (C=O) groups excluding carboxylic acids is 1. The lowest BCUT2D eigenvalue weighted by atomic mass is 9.69. The molecule has 1 aliphatic carbocycles. The first-order valence-electron chi connectivity index (χ1n) is 8.46. The van der Waals surface area contributed by atoms with Gasteiger partial charge in [-0.25, -0.2) is 0 Å². The second-order valence-electron chi connectivity index (χ2n) is 8.00. The summed E-state index contributed by atoms with van der Waals surface area (Å²) in [7, 11) is 0. The van der Waals surface area contributed by atoms with Crippen LogP contribution in [0.4, 0.5) is 0 Å². The fraction of sp³-hybridized carbons (Fsp3) is 0.941. The number of amides is 1. The number of hydrogen-bond donors (Lipinski definition) is 2. The van der Waals surface area contributed by atoms with Crippen LogP contribution in [0.1, 0.15) is 59.3 Å². The van der Waals surface area contributed by atoms with E-state index in [1.807, 2.05) is 0 Å². The van der Waals surface area contributed by atoms with Gasteiger partial charge in [0, 0.05) is 25.7 Å². The molecule has 4 nitrogen and oxygen atoms in total. The summed E-state index contributed by atoms with van der Waals surface area (Å²) in [4.78, 5) is 12.6. The Morgan fingerprint density at radius 1 is 1.19 bits per heavy atom. The minimum Gasteiger partial charge on any atom is -0.381 e. The van der Waals surface area contributed by atoms with Crippen LogP contribution in [0, 0.1) is 17.3 Å². The molecule has 122 valence electrons. The van der Waals surface area contributed by atoms with Crippen molar-refractivity contribution in [1.82, 2.24) is 5.32 Å². The molecule has 1 amide bonds. The highest BCUT2D eigenvalue weighted by molar-refractivity contribution is 5.79. The first-order valence-corrected chi connectivity index (χ1v) is 8.46. The topological polar surface area (TPSA) is 64.4 Å². The molecule has 21 heavy (non-hydrogen) atoms. The van der Waals surface area contributed by atoms with Crippen LogP contribution in [-0.4, -0.2) is 31.2 Å². The van der Waals surface area contributed by atoms with Crippen molar-refractivity contribution in [3.05, 3.63) is 0 Å². The second kappa shape index (κ2) is 6.66. The van der Waals surface area contributed by atoms with E-state index in [1.165, 1.54) is 12.8 Å². The van der Waals surface area contributed by atoms with E-state index in [2.05, 4.69) is 26.1 Å². The van der Waals surface area contributed by atoms with Crippen LogP contribution in [0.2, 0.25) is 0 Å². The first kappa shape index (κ1) is 16.8. The maximum absolute atomic E-state index is 12.6. The van der Waals surface area contributed by atoms with Gasteiger partial charge >= 0.3 is 0 Å². The molecule has 4 heteroatoms. The fourth-order valence-electron chi connectivity index (χ4n) is 3.73. The van der Waals surface area contributed by atoms with E-state index in [-0.39, 0.29) is 17.4 Å². The molecular weight excluding hydrogens is 264 g/mol. The van der Waals surface area contributed by atoms with Crippen molar-refractivity contribution in [1.29, 1.82) is 0 Å². The van der Waals surface area contributed by atoms with Crippen LogP contribution in [-0.2, 0) is 9.53 Å². The lowest BCUT2D eigenvalue weighted by Crippen LogP contribution is -2.58. The molecule has 1 saturated heterocycles. The van der Waals surface area contributed by atoms with Gasteiger partial charge in [0.2, 0.25) is 5.91 Å². The van der Waals surface area contributed by atoms with Gasteiger partial charge < -0.3 is 15.8 Å². The monoisotopic (exact) mass is 296 g/mol. The van der Waals surface area contributed by atoms with E-state index in [4.69, 9.17) is 10.5 Å². The highest BCUT2D eigenvalue weighted by atomic mass is 16.5. The Morgan fingerprint density at radius 2 is 1.76 bits per heavy atom. The maximum atomic E-state index is 12.6. The molecule has 1 heterocycles. The van der Waals surface area contributed by atoms with E-state index in [1.54, 1.807) is 0 Å². The number of carbonyl (C=O) groups is 1. The van der Waals surface area contributed by atoms with Crippen LogP contribution >= 0.6 is 0 Å². The van der Waals surface area contributed by atoms with Gasteiger partial charge in [0.1, 0.15) is 0 Å². The maximum Gasteiger partial charge on any atom is 0.223 e. The third kappa shape index (κ3) is 4.19. The third-order valence-electron chi connectivity index (χ3n) is 5.55. The van der Waals surface area contributed by atoms with Gasteiger partial charge in [-0.1, -0.05) is 20.8 Å². The van der Waals surface area contributed by atoms with Gasteiger partial charge in [-0.05, 0) is 49.9 Å². The smallest absolute Gasteiger partial charge is 0.223 e. The Labute approximate surface area is 129 Å². The summed E-state index contributed by atoms with van der Waals surface area (Å²) >= 11 is 0. The van der Waals surface area contributed by atoms with E-state index in [0.29, 0.717) is 25.2 Å². The summed E-state index contributed by atoms with van der Waals surface area (Å²) < 4.78 is 5.40. The molecule has 2 rings (SSSR count). The molecular formula is C17H32N2O2. The van der Waals surface area contributed by atoms with Crippen molar-refractivity contribution in [2.24, 2.45) is 23.0 Å².